The van der Waals surface area contributed by atoms with Crippen LogP contribution in [0.4, 0.5) is 17.5 Å². The van der Waals surface area contributed by atoms with Gasteiger partial charge in [0.1, 0.15) is 11.6 Å². The molecule has 172 valence electrons. The molecule has 2 aromatic heterocycles. The molecule has 0 radical (unpaired) electrons. The molecule has 1 saturated carbocycles. The molecule has 2 aliphatic rings. The normalized spacial score (nSPS) is 17.5. The molecule has 3 heterocycles. The zero-order valence-electron chi connectivity index (χ0n) is 18.8. The van der Waals surface area contributed by atoms with E-state index in [2.05, 4.69) is 15.4 Å². The van der Waals surface area contributed by atoms with Gasteiger partial charge in [0.15, 0.2) is 0 Å². The van der Waals surface area contributed by atoms with Crippen LogP contribution in [-0.4, -0.2) is 52.5 Å². The number of benzene rings is 1. The summed E-state index contributed by atoms with van der Waals surface area (Å²) in [5.74, 6) is 1.22. The lowest BCUT2D eigenvalue weighted by Crippen LogP contribution is -2.42. The molecule has 0 amide bonds. The van der Waals surface area contributed by atoms with Crippen LogP contribution in [0, 0.1) is 13.8 Å². The fraction of sp³-hybridized carbons (Fsp3) is 0.417. The monoisotopic (exact) mass is 449 g/mol. The Morgan fingerprint density at radius 2 is 1.85 bits per heavy atom. The summed E-state index contributed by atoms with van der Waals surface area (Å²) in [6.45, 7) is 6.47. The van der Waals surface area contributed by atoms with Gasteiger partial charge in [-0.3, -0.25) is 4.79 Å². The van der Waals surface area contributed by atoms with Crippen LogP contribution in [-0.2, 0) is 14.9 Å². The van der Waals surface area contributed by atoms with E-state index in [1.54, 1.807) is 0 Å². The average molecular weight is 450 g/mol. The van der Waals surface area contributed by atoms with Crippen molar-refractivity contribution < 1.29 is 19.2 Å². The molecule has 0 spiro atoms. The number of aliphatic carboxylic acids is 1. The number of hydrogen-bond acceptors (Lipinski definition) is 8. The second-order valence-corrected chi connectivity index (χ2v) is 8.68. The maximum absolute atomic E-state index is 11.8. The van der Waals surface area contributed by atoms with Crippen molar-refractivity contribution in [1.82, 2.24) is 15.1 Å². The average Bonchev–Trinajstić information content (AvgIpc) is 3.12. The molecule has 0 bridgehead atoms. The Hall–Kier alpha value is -3.46. The molecule has 1 aromatic carbocycles. The molecule has 9 nitrogen and oxygen atoms in total. The number of aromatic nitrogens is 3. The molecule has 5 rings (SSSR count). The number of carboxylic acid groups (broad SMARTS) is 1. The van der Waals surface area contributed by atoms with Gasteiger partial charge in [0.25, 0.3) is 0 Å². The highest BCUT2D eigenvalue weighted by Gasteiger charge is 2.45. The second-order valence-electron chi connectivity index (χ2n) is 8.68. The van der Waals surface area contributed by atoms with E-state index in [1.165, 1.54) is 0 Å². The number of anilines is 3. The number of carboxylic acids is 1. The number of nitrogens with one attached hydrogen (secondary N) is 1. The van der Waals surface area contributed by atoms with Crippen LogP contribution >= 0.6 is 0 Å². The third kappa shape index (κ3) is 3.93. The number of nitrogens with zero attached hydrogens (tertiary/aromatic N) is 4. The fourth-order valence-corrected chi connectivity index (χ4v) is 4.56. The van der Waals surface area contributed by atoms with Crippen molar-refractivity contribution in [1.29, 1.82) is 0 Å². The maximum atomic E-state index is 11.8. The predicted molar refractivity (Wildman–Crippen MR) is 123 cm³/mol. The van der Waals surface area contributed by atoms with Gasteiger partial charge in [0, 0.05) is 24.8 Å². The molecule has 1 aliphatic carbocycles. The van der Waals surface area contributed by atoms with E-state index in [-0.39, 0.29) is 0 Å². The van der Waals surface area contributed by atoms with Crippen molar-refractivity contribution >= 4 is 23.4 Å². The Labute approximate surface area is 191 Å². The second kappa shape index (κ2) is 8.47. The van der Waals surface area contributed by atoms with Crippen molar-refractivity contribution in [2.45, 2.75) is 38.5 Å². The van der Waals surface area contributed by atoms with Gasteiger partial charge in [0.2, 0.25) is 5.95 Å². The number of aryl methyl sites for hydroxylation is 2. The van der Waals surface area contributed by atoms with Gasteiger partial charge in [-0.1, -0.05) is 23.7 Å². The summed E-state index contributed by atoms with van der Waals surface area (Å²) < 4.78 is 10.8. The van der Waals surface area contributed by atoms with E-state index in [0.29, 0.717) is 43.6 Å². The first-order valence-corrected chi connectivity index (χ1v) is 11.2. The smallest absolute Gasteiger partial charge is 0.314 e. The lowest BCUT2D eigenvalue weighted by Gasteiger charge is -2.38. The van der Waals surface area contributed by atoms with E-state index < -0.39 is 11.4 Å². The van der Waals surface area contributed by atoms with Crippen molar-refractivity contribution in [3.05, 3.63) is 47.3 Å². The molecule has 1 aliphatic heterocycles. The van der Waals surface area contributed by atoms with Gasteiger partial charge in [0.05, 0.1) is 35.6 Å². The molecule has 2 fully saturated rings. The molecule has 0 unspecified atom stereocenters. The maximum Gasteiger partial charge on any atom is 0.314 e. The van der Waals surface area contributed by atoms with Gasteiger partial charge in [-0.15, -0.1) is 0 Å². The van der Waals surface area contributed by atoms with Crippen molar-refractivity contribution in [2.24, 2.45) is 0 Å². The molecule has 1 saturated heterocycles. The van der Waals surface area contributed by atoms with Crippen LogP contribution in [0.15, 0.2) is 34.9 Å². The van der Waals surface area contributed by atoms with E-state index in [4.69, 9.17) is 19.2 Å². The minimum absolute atomic E-state index is 0.620. The van der Waals surface area contributed by atoms with Gasteiger partial charge in [-0.05, 0) is 44.4 Å². The van der Waals surface area contributed by atoms with Crippen molar-refractivity contribution in [2.75, 3.05) is 36.5 Å². The number of rotatable bonds is 6. The van der Waals surface area contributed by atoms with Crippen LogP contribution in [0.1, 0.15) is 36.3 Å². The lowest BCUT2D eigenvalue weighted by molar-refractivity contribution is -0.147. The summed E-state index contributed by atoms with van der Waals surface area (Å²) in [7, 11) is 0. The molecule has 33 heavy (non-hydrogen) atoms. The van der Waals surface area contributed by atoms with Gasteiger partial charge < -0.3 is 24.6 Å². The third-order valence-corrected chi connectivity index (χ3v) is 6.62. The number of morpholine rings is 1. The number of carbonyl (C=O) groups is 1. The topological polar surface area (TPSA) is 114 Å². The molecule has 2 N–H and O–H groups in total. The zero-order chi connectivity index (χ0) is 23.0. The van der Waals surface area contributed by atoms with E-state index in [0.717, 1.165) is 47.7 Å². The third-order valence-electron chi connectivity index (χ3n) is 6.62. The summed E-state index contributed by atoms with van der Waals surface area (Å²) in [6.07, 6.45) is 2.32. The zero-order valence-corrected chi connectivity index (χ0v) is 18.8. The van der Waals surface area contributed by atoms with Crippen LogP contribution < -0.4 is 10.2 Å². The molecule has 0 atom stereocenters. The van der Waals surface area contributed by atoms with Gasteiger partial charge >= 0.3 is 5.97 Å². The SMILES string of the molecule is Cc1noc(C)c1-c1cc(Nc2ccc(C3(C(=O)O)CCC3)cc2)nc(N2CCOCC2)n1. The predicted octanol–water partition coefficient (Wildman–Crippen LogP) is 3.83. The fourth-order valence-electron chi connectivity index (χ4n) is 4.56. The Kier molecular flexibility index (Phi) is 5.49. The molecular formula is C24H27N5O4. The van der Waals surface area contributed by atoms with E-state index in [9.17, 15) is 9.90 Å². The van der Waals surface area contributed by atoms with Crippen LogP contribution in [0.25, 0.3) is 11.3 Å². The molecule has 9 heteroatoms. The summed E-state index contributed by atoms with van der Waals surface area (Å²) >= 11 is 0. The quantitative estimate of drug-likeness (QED) is 0.579. The standard InChI is InChI=1S/C24H27N5O4/c1-15-21(16(2)33-28-15)19-14-20(27-23(26-19)29-10-12-32-13-11-29)25-18-6-4-17(5-7-18)24(22(30)31)8-3-9-24/h4-7,14H,3,8-13H2,1-2H3,(H,30,31)(H,25,26,27). The van der Waals surface area contributed by atoms with Crippen LogP contribution in [0.5, 0.6) is 0 Å². The van der Waals surface area contributed by atoms with Crippen LogP contribution in [0.3, 0.4) is 0 Å². The highest BCUT2D eigenvalue weighted by atomic mass is 16.5. The Balaban J connectivity index is 1.47. The summed E-state index contributed by atoms with van der Waals surface area (Å²) in [5.41, 5.74) is 3.30. The van der Waals surface area contributed by atoms with Crippen LogP contribution in [0.2, 0.25) is 0 Å². The highest BCUT2D eigenvalue weighted by Crippen LogP contribution is 2.44. The minimum Gasteiger partial charge on any atom is -0.481 e. The minimum atomic E-state index is -0.746. The Bertz CT molecular complexity index is 1140. The summed E-state index contributed by atoms with van der Waals surface area (Å²) in [6, 6.07) is 9.49. The van der Waals surface area contributed by atoms with E-state index >= 15 is 0 Å². The van der Waals surface area contributed by atoms with Gasteiger partial charge in [-0.25, -0.2) is 4.98 Å². The first-order valence-electron chi connectivity index (χ1n) is 11.2. The number of ether oxygens (including phenoxy) is 1. The van der Waals surface area contributed by atoms with Crippen molar-refractivity contribution in [3.8, 4) is 11.3 Å². The highest BCUT2D eigenvalue weighted by molar-refractivity contribution is 5.83. The lowest BCUT2D eigenvalue weighted by atomic mass is 9.64. The first kappa shape index (κ1) is 21.4. The Morgan fingerprint density at radius 1 is 1.12 bits per heavy atom. The molecule has 3 aromatic rings. The Morgan fingerprint density at radius 3 is 2.42 bits per heavy atom. The summed E-state index contributed by atoms with van der Waals surface area (Å²) in [4.78, 5) is 23.5. The number of hydrogen-bond donors (Lipinski definition) is 2. The summed E-state index contributed by atoms with van der Waals surface area (Å²) in [5, 5.41) is 17.1. The first-order chi connectivity index (χ1) is 16.0. The van der Waals surface area contributed by atoms with Gasteiger partial charge in [-0.2, -0.15) is 4.98 Å². The van der Waals surface area contributed by atoms with E-state index in [1.807, 2.05) is 44.2 Å². The van der Waals surface area contributed by atoms with Crippen molar-refractivity contribution in [3.63, 3.8) is 0 Å². The molecular weight excluding hydrogens is 422 g/mol. The largest absolute Gasteiger partial charge is 0.481 e.